The van der Waals surface area contributed by atoms with Crippen LogP contribution in [-0.2, 0) is 0 Å². The molecule has 1 aromatic carbocycles. The summed E-state index contributed by atoms with van der Waals surface area (Å²) in [6, 6.07) is 9.07. The van der Waals surface area contributed by atoms with E-state index in [2.05, 4.69) is 42.5 Å². The Hall–Kier alpha value is -0.260. The summed E-state index contributed by atoms with van der Waals surface area (Å²) in [5.41, 5.74) is 1.69. The van der Waals surface area contributed by atoms with Crippen molar-refractivity contribution in [1.29, 1.82) is 0 Å². The second kappa shape index (κ2) is 12.3. The molecule has 0 amide bonds. The highest BCUT2D eigenvalue weighted by Gasteiger charge is 2.37. The van der Waals surface area contributed by atoms with Crippen LogP contribution in [0, 0.1) is 17.3 Å². The highest BCUT2D eigenvalue weighted by Crippen LogP contribution is 2.42. The lowest BCUT2D eigenvalue weighted by Crippen LogP contribution is -2.50. The average Bonchev–Trinajstić information content (AvgIpc) is 2.76. The monoisotopic (exact) mass is 466 g/mol. The molecule has 3 unspecified atom stereocenters. The fourth-order valence-corrected chi connectivity index (χ4v) is 6.50. The van der Waals surface area contributed by atoms with Gasteiger partial charge < -0.3 is 15.3 Å². The fraction of sp³-hybridized carbons (Fsp3) is 0.769. The Labute approximate surface area is 199 Å². The highest BCUT2D eigenvalue weighted by atomic mass is 35.5. The van der Waals surface area contributed by atoms with Crippen LogP contribution in [0.15, 0.2) is 24.3 Å². The molecule has 2 aliphatic rings. The number of hydrogen-bond acceptors (Lipinski definition) is 4. The number of aliphatic hydroxyl groups is 1. The molecule has 2 fully saturated rings. The van der Waals surface area contributed by atoms with E-state index in [1.54, 1.807) is 0 Å². The van der Waals surface area contributed by atoms with E-state index in [0.29, 0.717) is 24.5 Å². The molecule has 2 N–H and O–H groups in total. The van der Waals surface area contributed by atoms with Gasteiger partial charge in [0.05, 0.1) is 0 Å². The molecule has 0 bridgehead atoms. The van der Waals surface area contributed by atoms with Crippen LogP contribution in [0.25, 0.3) is 0 Å². The van der Waals surface area contributed by atoms with E-state index in [-0.39, 0.29) is 5.41 Å². The lowest BCUT2D eigenvalue weighted by molar-refractivity contribution is 0.0828. The Morgan fingerprint density at radius 2 is 1.94 bits per heavy atom. The van der Waals surface area contributed by atoms with Crippen molar-refractivity contribution in [3.63, 3.8) is 0 Å². The van der Waals surface area contributed by atoms with Crippen molar-refractivity contribution >= 4 is 23.4 Å². The van der Waals surface area contributed by atoms with E-state index >= 15 is 0 Å². The standard InChI is InChI=1S/C26H43ClN2OS/c1-26(2)19-29(13-11-25(26)22-7-9-23(27)10-8-22)17-24(12-14-31-3)28-16-20-5-4-6-21(15-20)18-30/h7-10,20-21,24-25,28,30H,4-6,11-19H2,1-3H3/t20?,21?,24-,25?/m1/s1. The maximum atomic E-state index is 9.55. The first-order valence-electron chi connectivity index (χ1n) is 12.2. The number of hydrogen-bond donors (Lipinski definition) is 2. The number of piperidine rings is 1. The number of aliphatic hydroxyl groups excluding tert-OH is 1. The predicted octanol–water partition coefficient (Wildman–Crippen LogP) is 5.67. The summed E-state index contributed by atoms with van der Waals surface area (Å²) in [6.45, 7) is 9.80. The second-order valence-corrected chi connectivity index (χ2v) is 12.0. The van der Waals surface area contributed by atoms with Gasteiger partial charge in [-0.2, -0.15) is 11.8 Å². The van der Waals surface area contributed by atoms with Crippen LogP contribution in [0.5, 0.6) is 0 Å². The normalized spacial score (nSPS) is 27.8. The zero-order valence-corrected chi connectivity index (χ0v) is 21.4. The molecule has 0 radical (unpaired) electrons. The van der Waals surface area contributed by atoms with Crippen LogP contribution < -0.4 is 5.32 Å². The minimum absolute atomic E-state index is 0.258. The SMILES string of the molecule is CSCC[C@H](CN1CCC(c2ccc(Cl)cc2)C(C)(C)C1)NCC1CCCC(CO)C1. The van der Waals surface area contributed by atoms with Gasteiger partial charge in [-0.3, -0.25) is 0 Å². The van der Waals surface area contributed by atoms with Crippen molar-refractivity contribution in [1.82, 2.24) is 10.2 Å². The number of thioether (sulfide) groups is 1. The van der Waals surface area contributed by atoms with Gasteiger partial charge in [-0.05, 0) is 98.1 Å². The minimum atomic E-state index is 0.258. The van der Waals surface area contributed by atoms with Gasteiger partial charge >= 0.3 is 0 Å². The Bertz CT molecular complexity index is 653. The summed E-state index contributed by atoms with van der Waals surface area (Å²) in [4.78, 5) is 2.70. The number of halogens is 1. The van der Waals surface area contributed by atoms with Gasteiger partial charge in [0.15, 0.2) is 0 Å². The molecule has 1 aliphatic carbocycles. The third-order valence-corrected chi connectivity index (χ3v) is 8.47. The van der Waals surface area contributed by atoms with Crippen LogP contribution in [-0.4, -0.2) is 60.8 Å². The number of nitrogens with one attached hydrogen (secondary N) is 1. The molecule has 1 aromatic rings. The van der Waals surface area contributed by atoms with E-state index in [1.165, 1.54) is 56.4 Å². The quantitative estimate of drug-likeness (QED) is 0.466. The van der Waals surface area contributed by atoms with E-state index in [4.69, 9.17) is 11.6 Å². The Balaban J connectivity index is 1.54. The molecule has 5 heteroatoms. The van der Waals surface area contributed by atoms with Crippen molar-refractivity contribution in [2.45, 2.75) is 64.3 Å². The van der Waals surface area contributed by atoms with Crippen molar-refractivity contribution in [3.05, 3.63) is 34.9 Å². The zero-order chi connectivity index (χ0) is 22.3. The number of likely N-dealkylation sites (tertiary alicyclic amines) is 1. The molecule has 0 aromatic heterocycles. The molecular formula is C26H43ClN2OS. The molecule has 3 rings (SSSR count). The van der Waals surface area contributed by atoms with Crippen LogP contribution in [0.2, 0.25) is 5.02 Å². The maximum Gasteiger partial charge on any atom is 0.0459 e. The lowest BCUT2D eigenvalue weighted by Gasteiger charge is -2.45. The molecular weight excluding hydrogens is 424 g/mol. The number of nitrogens with zero attached hydrogens (tertiary/aromatic N) is 1. The van der Waals surface area contributed by atoms with E-state index in [0.717, 1.165) is 30.6 Å². The van der Waals surface area contributed by atoms with Gasteiger partial charge in [0, 0.05) is 30.8 Å². The van der Waals surface area contributed by atoms with E-state index in [1.807, 2.05) is 23.9 Å². The third kappa shape index (κ3) is 7.64. The lowest BCUT2D eigenvalue weighted by atomic mass is 9.70. The molecule has 1 saturated carbocycles. The van der Waals surface area contributed by atoms with Crippen molar-refractivity contribution in [2.24, 2.45) is 17.3 Å². The smallest absolute Gasteiger partial charge is 0.0459 e. The van der Waals surface area contributed by atoms with Crippen LogP contribution in [0.3, 0.4) is 0 Å². The molecule has 3 nitrogen and oxygen atoms in total. The first-order valence-corrected chi connectivity index (χ1v) is 14.0. The number of rotatable bonds is 10. The molecule has 1 aliphatic heterocycles. The Morgan fingerprint density at radius 3 is 2.61 bits per heavy atom. The summed E-state index contributed by atoms with van der Waals surface area (Å²) in [6.07, 6.45) is 9.65. The van der Waals surface area contributed by atoms with Crippen LogP contribution in [0.4, 0.5) is 0 Å². The average molecular weight is 467 g/mol. The molecule has 1 saturated heterocycles. The van der Waals surface area contributed by atoms with Gasteiger partial charge in [-0.15, -0.1) is 0 Å². The Kier molecular flexibility index (Phi) is 10.0. The van der Waals surface area contributed by atoms with Crippen molar-refractivity contribution in [3.8, 4) is 0 Å². The molecule has 31 heavy (non-hydrogen) atoms. The second-order valence-electron chi connectivity index (χ2n) is 10.6. The summed E-state index contributed by atoms with van der Waals surface area (Å²) < 4.78 is 0. The van der Waals surface area contributed by atoms with Gasteiger partial charge in [-0.1, -0.05) is 44.0 Å². The third-order valence-electron chi connectivity index (χ3n) is 7.57. The fourth-order valence-electron chi connectivity index (χ4n) is 5.85. The summed E-state index contributed by atoms with van der Waals surface area (Å²) in [7, 11) is 0. The Morgan fingerprint density at radius 1 is 1.19 bits per heavy atom. The molecule has 4 atom stereocenters. The minimum Gasteiger partial charge on any atom is -0.396 e. The highest BCUT2D eigenvalue weighted by molar-refractivity contribution is 7.98. The van der Waals surface area contributed by atoms with Crippen LogP contribution in [0.1, 0.15) is 63.9 Å². The van der Waals surface area contributed by atoms with Gasteiger partial charge in [0.25, 0.3) is 0 Å². The van der Waals surface area contributed by atoms with Gasteiger partial charge in [0.1, 0.15) is 0 Å². The maximum absolute atomic E-state index is 9.55. The molecule has 0 spiro atoms. The van der Waals surface area contributed by atoms with Gasteiger partial charge in [-0.25, -0.2) is 0 Å². The molecule has 176 valence electrons. The summed E-state index contributed by atoms with van der Waals surface area (Å²) in [5.74, 6) is 3.07. The number of benzene rings is 1. The van der Waals surface area contributed by atoms with Crippen molar-refractivity contribution < 1.29 is 5.11 Å². The summed E-state index contributed by atoms with van der Waals surface area (Å²) in [5, 5.41) is 14.3. The van der Waals surface area contributed by atoms with Gasteiger partial charge in [0.2, 0.25) is 0 Å². The first kappa shape index (κ1) is 25.4. The first-order chi connectivity index (χ1) is 14.9. The predicted molar refractivity (Wildman–Crippen MR) is 136 cm³/mol. The van der Waals surface area contributed by atoms with Crippen LogP contribution >= 0.6 is 23.4 Å². The largest absolute Gasteiger partial charge is 0.396 e. The van der Waals surface area contributed by atoms with E-state index in [9.17, 15) is 5.11 Å². The summed E-state index contributed by atoms with van der Waals surface area (Å²) >= 11 is 8.07. The van der Waals surface area contributed by atoms with E-state index < -0.39 is 0 Å². The van der Waals surface area contributed by atoms with Crippen molar-refractivity contribution in [2.75, 3.05) is 44.8 Å². The molecule has 1 heterocycles. The topological polar surface area (TPSA) is 35.5 Å². The zero-order valence-electron chi connectivity index (χ0n) is 19.8.